The van der Waals surface area contributed by atoms with Gasteiger partial charge in [-0.15, -0.1) is 0 Å². The van der Waals surface area contributed by atoms with Crippen molar-refractivity contribution in [3.8, 4) is 5.75 Å². The molecule has 5 heteroatoms. The Labute approximate surface area is 94.0 Å². The van der Waals surface area contributed by atoms with Gasteiger partial charge in [0.1, 0.15) is 11.4 Å². The molecule has 3 N–H and O–H groups in total. The summed E-state index contributed by atoms with van der Waals surface area (Å²) < 4.78 is 5.64. The van der Waals surface area contributed by atoms with Gasteiger partial charge in [0.2, 0.25) is 0 Å². The van der Waals surface area contributed by atoms with E-state index in [1.165, 1.54) is 0 Å². The van der Waals surface area contributed by atoms with Gasteiger partial charge < -0.3 is 15.8 Å². The maximum absolute atomic E-state index is 11.4. The number of nitrogens with two attached hydrogens (primary N) is 1. The first-order valence-corrected chi connectivity index (χ1v) is 5.33. The van der Waals surface area contributed by atoms with E-state index in [4.69, 9.17) is 10.5 Å². The molecule has 0 saturated heterocycles. The van der Waals surface area contributed by atoms with Crippen LogP contribution in [0.1, 0.15) is 29.0 Å². The fourth-order valence-electron chi connectivity index (χ4n) is 1.36. The fourth-order valence-corrected chi connectivity index (χ4v) is 1.36. The summed E-state index contributed by atoms with van der Waals surface area (Å²) in [6, 6.07) is 3.41. The molecule has 1 amide bonds. The van der Waals surface area contributed by atoms with Crippen LogP contribution in [0.3, 0.4) is 0 Å². The van der Waals surface area contributed by atoms with E-state index in [9.17, 15) is 4.79 Å². The molecule has 0 radical (unpaired) electrons. The number of nitrogens with zero attached hydrogens (tertiary/aromatic N) is 1. The number of ether oxygens (including phenoxy) is 1. The van der Waals surface area contributed by atoms with Gasteiger partial charge in [-0.25, -0.2) is 4.98 Å². The molecule has 0 unspecified atom stereocenters. The molecule has 1 aromatic rings. The van der Waals surface area contributed by atoms with E-state index in [1.54, 1.807) is 19.2 Å². The van der Waals surface area contributed by atoms with Crippen molar-refractivity contribution < 1.29 is 9.53 Å². The molecular formula is C11H15N3O2. The van der Waals surface area contributed by atoms with E-state index in [-0.39, 0.29) is 12.5 Å². The van der Waals surface area contributed by atoms with Gasteiger partial charge in [-0.05, 0) is 25.0 Å². The van der Waals surface area contributed by atoms with Crippen molar-refractivity contribution in [2.45, 2.75) is 25.5 Å². The van der Waals surface area contributed by atoms with Crippen LogP contribution in [0, 0.1) is 0 Å². The highest BCUT2D eigenvalue weighted by atomic mass is 16.5. The highest BCUT2D eigenvalue weighted by molar-refractivity contribution is 5.92. The van der Waals surface area contributed by atoms with Crippen LogP contribution >= 0.6 is 0 Å². The van der Waals surface area contributed by atoms with Crippen molar-refractivity contribution in [3.05, 3.63) is 23.5 Å². The van der Waals surface area contributed by atoms with Crippen LogP contribution < -0.4 is 15.8 Å². The third kappa shape index (κ3) is 2.30. The Morgan fingerprint density at radius 2 is 2.38 bits per heavy atom. The number of hydrogen-bond donors (Lipinski definition) is 2. The van der Waals surface area contributed by atoms with Gasteiger partial charge >= 0.3 is 0 Å². The van der Waals surface area contributed by atoms with Crippen LogP contribution in [-0.2, 0) is 6.54 Å². The lowest BCUT2D eigenvalue weighted by atomic mass is 10.2. The molecule has 2 rings (SSSR count). The lowest BCUT2D eigenvalue weighted by Gasteiger charge is -2.09. The molecule has 5 nitrogen and oxygen atoms in total. The number of nitrogens with one attached hydrogen (secondary N) is 1. The van der Waals surface area contributed by atoms with Gasteiger partial charge in [0, 0.05) is 13.6 Å². The standard InChI is InChI=1S/C11H15N3O2/c1-13-11(15)8-4-5-10(9(6-12)14-8)16-7-2-3-7/h4-5,7H,2-3,6,12H2,1H3,(H,13,15). The van der Waals surface area contributed by atoms with E-state index in [1.807, 2.05) is 0 Å². The maximum atomic E-state index is 11.4. The SMILES string of the molecule is CNC(=O)c1ccc(OC2CC2)c(CN)n1. The van der Waals surface area contributed by atoms with Gasteiger partial charge in [0.05, 0.1) is 11.8 Å². The molecule has 1 saturated carbocycles. The summed E-state index contributed by atoms with van der Waals surface area (Å²) in [7, 11) is 1.57. The van der Waals surface area contributed by atoms with Crippen LogP contribution in [0.4, 0.5) is 0 Å². The van der Waals surface area contributed by atoms with Crippen LogP contribution in [0.25, 0.3) is 0 Å². The Bertz CT molecular complexity index is 402. The van der Waals surface area contributed by atoms with Crippen LogP contribution in [0.15, 0.2) is 12.1 Å². The molecule has 1 heterocycles. The van der Waals surface area contributed by atoms with Crippen molar-refractivity contribution in [3.63, 3.8) is 0 Å². The Morgan fingerprint density at radius 3 is 2.94 bits per heavy atom. The van der Waals surface area contributed by atoms with Crippen LogP contribution in [-0.4, -0.2) is 24.0 Å². The molecular weight excluding hydrogens is 206 g/mol. The van der Waals surface area contributed by atoms with Crippen molar-refractivity contribution in [2.24, 2.45) is 5.73 Å². The molecule has 0 spiro atoms. The molecule has 1 aliphatic carbocycles. The van der Waals surface area contributed by atoms with Crippen LogP contribution in [0.2, 0.25) is 0 Å². The zero-order valence-corrected chi connectivity index (χ0v) is 9.19. The number of hydrogen-bond acceptors (Lipinski definition) is 4. The van der Waals surface area contributed by atoms with E-state index in [0.29, 0.717) is 23.2 Å². The first-order valence-electron chi connectivity index (χ1n) is 5.33. The second kappa shape index (κ2) is 4.49. The van der Waals surface area contributed by atoms with Gasteiger partial charge in [-0.1, -0.05) is 0 Å². The highest BCUT2D eigenvalue weighted by Gasteiger charge is 2.25. The average molecular weight is 221 g/mol. The molecule has 16 heavy (non-hydrogen) atoms. The zero-order chi connectivity index (χ0) is 11.5. The fraction of sp³-hybridized carbons (Fsp3) is 0.455. The van der Waals surface area contributed by atoms with E-state index in [2.05, 4.69) is 10.3 Å². The predicted octanol–water partition coefficient (Wildman–Crippen LogP) is 0.441. The summed E-state index contributed by atoms with van der Waals surface area (Å²) in [5.74, 6) is 0.477. The van der Waals surface area contributed by atoms with Crippen LogP contribution in [0.5, 0.6) is 5.75 Å². The Morgan fingerprint density at radius 1 is 1.62 bits per heavy atom. The molecule has 86 valence electrons. The van der Waals surface area contributed by atoms with E-state index in [0.717, 1.165) is 12.8 Å². The van der Waals surface area contributed by atoms with Gasteiger partial charge in [-0.3, -0.25) is 4.79 Å². The monoisotopic (exact) mass is 221 g/mol. The second-order valence-corrected chi connectivity index (χ2v) is 3.74. The number of carbonyl (C=O) groups excluding carboxylic acids is 1. The molecule has 1 aliphatic rings. The largest absolute Gasteiger partial charge is 0.488 e. The lowest BCUT2D eigenvalue weighted by molar-refractivity contribution is 0.0958. The first kappa shape index (κ1) is 10.9. The number of rotatable bonds is 4. The third-order valence-electron chi connectivity index (χ3n) is 2.40. The Balaban J connectivity index is 2.22. The predicted molar refractivity (Wildman–Crippen MR) is 59.2 cm³/mol. The van der Waals surface area contributed by atoms with Gasteiger partial charge in [0.25, 0.3) is 5.91 Å². The van der Waals surface area contributed by atoms with Crippen molar-refractivity contribution in [1.82, 2.24) is 10.3 Å². The number of carbonyl (C=O) groups is 1. The summed E-state index contributed by atoms with van der Waals surface area (Å²) in [5.41, 5.74) is 6.58. The summed E-state index contributed by atoms with van der Waals surface area (Å²) >= 11 is 0. The number of amides is 1. The lowest BCUT2D eigenvalue weighted by Crippen LogP contribution is -2.20. The first-order chi connectivity index (χ1) is 7.74. The topological polar surface area (TPSA) is 77.2 Å². The Hall–Kier alpha value is -1.62. The average Bonchev–Trinajstić information content (AvgIpc) is 3.12. The third-order valence-corrected chi connectivity index (χ3v) is 2.40. The minimum absolute atomic E-state index is 0.215. The summed E-state index contributed by atoms with van der Waals surface area (Å²) in [4.78, 5) is 15.6. The minimum Gasteiger partial charge on any atom is -0.488 e. The second-order valence-electron chi connectivity index (χ2n) is 3.74. The smallest absolute Gasteiger partial charge is 0.269 e. The van der Waals surface area contributed by atoms with Crippen molar-refractivity contribution in [1.29, 1.82) is 0 Å². The summed E-state index contributed by atoms with van der Waals surface area (Å²) in [6.45, 7) is 0.271. The molecule has 1 aromatic heterocycles. The van der Waals surface area contributed by atoms with Crippen molar-refractivity contribution >= 4 is 5.91 Å². The summed E-state index contributed by atoms with van der Waals surface area (Å²) in [5, 5.41) is 2.52. The summed E-state index contributed by atoms with van der Waals surface area (Å²) in [6.07, 6.45) is 2.47. The highest BCUT2D eigenvalue weighted by Crippen LogP contribution is 2.28. The van der Waals surface area contributed by atoms with E-state index >= 15 is 0 Å². The molecule has 1 fully saturated rings. The van der Waals surface area contributed by atoms with Gasteiger partial charge in [0.15, 0.2) is 0 Å². The zero-order valence-electron chi connectivity index (χ0n) is 9.19. The number of pyridine rings is 1. The van der Waals surface area contributed by atoms with E-state index < -0.39 is 0 Å². The Kier molecular flexibility index (Phi) is 3.05. The maximum Gasteiger partial charge on any atom is 0.269 e. The quantitative estimate of drug-likeness (QED) is 0.773. The molecule has 0 atom stereocenters. The number of aromatic nitrogens is 1. The molecule has 0 bridgehead atoms. The molecule has 0 aromatic carbocycles. The minimum atomic E-state index is -0.215. The van der Waals surface area contributed by atoms with Crippen molar-refractivity contribution in [2.75, 3.05) is 7.05 Å². The van der Waals surface area contributed by atoms with Gasteiger partial charge in [-0.2, -0.15) is 0 Å². The molecule has 0 aliphatic heterocycles. The normalized spacial score (nSPS) is 14.6.